The Balaban J connectivity index is 0.888. The lowest BCUT2D eigenvalue weighted by atomic mass is 10.0. The molecule has 0 atom stereocenters. The summed E-state index contributed by atoms with van der Waals surface area (Å²) >= 11 is 0. The molecular formula is C64H46N4. The third kappa shape index (κ3) is 8.95. The van der Waals surface area contributed by atoms with Crippen LogP contribution in [0.15, 0.2) is 279 Å². The van der Waals surface area contributed by atoms with Gasteiger partial charge in [0.2, 0.25) is 0 Å². The minimum absolute atomic E-state index is 0.701. The fraction of sp³-hybridized carbons (Fsp3) is 0. The average Bonchev–Trinajstić information content (AvgIpc) is 3.43. The summed E-state index contributed by atoms with van der Waals surface area (Å²) in [5.74, 6) is 0.701. The molecule has 1 heterocycles. The van der Waals surface area contributed by atoms with Crippen molar-refractivity contribution < 1.29 is 0 Å². The molecule has 11 aromatic rings. The maximum Gasteiger partial charge on any atom is 0.160 e. The van der Waals surface area contributed by atoms with E-state index in [4.69, 9.17) is 9.97 Å². The molecule has 0 saturated heterocycles. The standard InChI is InChI=1S/C64H46N4/c1-6-16-47(17-7-1)49-26-36-58(37-27-49)68(59-38-28-50(29-39-59)48-18-8-2-9-19-48)60-42-32-52(33-43-60)51-30-40-57(41-31-51)67(56-24-14-5-15-25-56)61-44-34-54(35-45-61)63-46-62(53-20-10-3-11-21-53)65-64(66-63)55-22-12-4-13-23-55/h1-46H. The molecule has 68 heavy (non-hydrogen) atoms. The van der Waals surface area contributed by atoms with Crippen LogP contribution in [0, 0.1) is 0 Å². The van der Waals surface area contributed by atoms with Crippen LogP contribution in [0.2, 0.25) is 0 Å². The second kappa shape index (κ2) is 19.2. The fourth-order valence-corrected chi connectivity index (χ4v) is 8.79. The first kappa shape index (κ1) is 41.6. The van der Waals surface area contributed by atoms with Crippen molar-refractivity contribution in [3.63, 3.8) is 0 Å². The van der Waals surface area contributed by atoms with Gasteiger partial charge in [-0.3, -0.25) is 0 Å². The zero-order valence-corrected chi connectivity index (χ0v) is 37.3. The van der Waals surface area contributed by atoms with Crippen molar-refractivity contribution in [3.05, 3.63) is 279 Å². The smallest absolute Gasteiger partial charge is 0.160 e. The van der Waals surface area contributed by atoms with Gasteiger partial charge in [0.1, 0.15) is 0 Å². The van der Waals surface area contributed by atoms with Gasteiger partial charge >= 0.3 is 0 Å². The molecule has 0 spiro atoms. The van der Waals surface area contributed by atoms with Crippen LogP contribution in [0.3, 0.4) is 0 Å². The van der Waals surface area contributed by atoms with E-state index in [1.54, 1.807) is 0 Å². The van der Waals surface area contributed by atoms with Crippen LogP contribution in [0.1, 0.15) is 0 Å². The summed E-state index contributed by atoms with van der Waals surface area (Å²) < 4.78 is 0. The second-order valence-electron chi connectivity index (χ2n) is 16.7. The number of para-hydroxylation sites is 1. The van der Waals surface area contributed by atoms with Crippen LogP contribution in [0.25, 0.3) is 67.3 Å². The van der Waals surface area contributed by atoms with Gasteiger partial charge in [-0.05, 0) is 112 Å². The summed E-state index contributed by atoms with van der Waals surface area (Å²) in [6, 6.07) is 98.3. The first-order valence-electron chi connectivity index (χ1n) is 23.0. The number of nitrogens with zero attached hydrogens (tertiary/aromatic N) is 4. The SMILES string of the molecule is c1ccc(-c2ccc(N(c3ccc(-c4ccccc4)cc3)c3ccc(-c4ccc(N(c5ccccc5)c5ccc(-c6cc(-c7ccccc7)nc(-c7ccccc7)n6)cc5)cc4)cc3)cc2)cc1. The number of aromatic nitrogens is 2. The molecule has 0 radical (unpaired) electrons. The van der Waals surface area contributed by atoms with E-state index in [1.807, 2.05) is 36.4 Å². The minimum atomic E-state index is 0.701. The van der Waals surface area contributed by atoms with Crippen LogP contribution in [-0.2, 0) is 0 Å². The first-order valence-corrected chi connectivity index (χ1v) is 23.0. The number of benzene rings is 10. The molecule has 4 heteroatoms. The van der Waals surface area contributed by atoms with Crippen molar-refractivity contribution in [2.45, 2.75) is 0 Å². The molecule has 0 unspecified atom stereocenters. The summed E-state index contributed by atoms with van der Waals surface area (Å²) in [5, 5.41) is 0. The molecule has 11 rings (SSSR count). The minimum Gasteiger partial charge on any atom is -0.311 e. The zero-order chi connectivity index (χ0) is 45.5. The third-order valence-electron chi connectivity index (χ3n) is 12.3. The number of hydrogen-bond donors (Lipinski definition) is 0. The van der Waals surface area contributed by atoms with E-state index in [1.165, 1.54) is 22.3 Å². The molecule has 0 saturated carbocycles. The highest BCUT2D eigenvalue weighted by atomic mass is 15.1. The Kier molecular flexibility index (Phi) is 11.7. The molecular weight excluding hydrogens is 825 g/mol. The third-order valence-corrected chi connectivity index (χ3v) is 12.3. The lowest BCUT2D eigenvalue weighted by Gasteiger charge is -2.26. The Bertz CT molecular complexity index is 3220. The predicted molar refractivity (Wildman–Crippen MR) is 284 cm³/mol. The number of anilines is 6. The van der Waals surface area contributed by atoms with Crippen molar-refractivity contribution >= 4 is 34.1 Å². The molecule has 0 N–H and O–H groups in total. The molecule has 0 amide bonds. The molecule has 10 aromatic carbocycles. The van der Waals surface area contributed by atoms with Gasteiger partial charge in [-0.25, -0.2) is 9.97 Å². The summed E-state index contributed by atoms with van der Waals surface area (Å²) in [4.78, 5) is 14.7. The Morgan fingerprint density at radius 1 is 0.191 bits per heavy atom. The number of rotatable bonds is 12. The van der Waals surface area contributed by atoms with Gasteiger partial charge in [0, 0.05) is 50.8 Å². The summed E-state index contributed by atoms with van der Waals surface area (Å²) in [6.07, 6.45) is 0. The van der Waals surface area contributed by atoms with Gasteiger partial charge in [-0.2, -0.15) is 0 Å². The normalized spacial score (nSPS) is 10.9. The van der Waals surface area contributed by atoms with Crippen molar-refractivity contribution in [2.24, 2.45) is 0 Å². The van der Waals surface area contributed by atoms with Crippen molar-refractivity contribution in [2.75, 3.05) is 9.80 Å². The van der Waals surface area contributed by atoms with E-state index >= 15 is 0 Å². The quantitative estimate of drug-likeness (QED) is 0.122. The van der Waals surface area contributed by atoms with Crippen LogP contribution in [0.5, 0.6) is 0 Å². The average molecular weight is 871 g/mol. The Morgan fingerprint density at radius 3 is 0.735 bits per heavy atom. The zero-order valence-electron chi connectivity index (χ0n) is 37.3. The van der Waals surface area contributed by atoms with E-state index in [9.17, 15) is 0 Å². The van der Waals surface area contributed by atoms with Gasteiger partial charge in [0.15, 0.2) is 5.82 Å². The second-order valence-corrected chi connectivity index (χ2v) is 16.7. The van der Waals surface area contributed by atoms with Gasteiger partial charge in [0.25, 0.3) is 0 Å². The first-order chi connectivity index (χ1) is 33.7. The van der Waals surface area contributed by atoms with E-state index in [2.05, 4.69) is 252 Å². The fourth-order valence-electron chi connectivity index (χ4n) is 8.79. The monoisotopic (exact) mass is 870 g/mol. The van der Waals surface area contributed by atoms with Gasteiger partial charge in [-0.15, -0.1) is 0 Å². The molecule has 0 aliphatic heterocycles. The molecule has 322 valence electrons. The molecule has 0 fully saturated rings. The lowest BCUT2D eigenvalue weighted by molar-refractivity contribution is 1.18. The Hall–Kier alpha value is -9.12. The van der Waals surface area contributed by atoms with Crippen LogP contribution in [0.4, 0.5) is 34.1 Å². The van der Waals surface area contributed by atoms with E-state index in [0.29, 0.717) is 5.82 Å². The molecule has 0 aliphatic rings. The Morgan fingerprint density at radius 2 is 0.412 bits per heavy atom. The molecule has 0 bridgehead atoms. The van der Waals surface area contributed by atoms with E-state index in [0.717, 1.165) is 73.3 Å². The van der Waals surface area contributed by atoms with E-state index in [-0.39, 0.29) is 0 Å². The maximum absolute atomic E-state index is 5.07. The summed E-state index contributed by atoms with van der Waals surface area (Å²) in [7, 11) is 0. The van der Waals surface area contributed by atoms with Crippen molar-refractivity contribution in [1.29, 1.82) is 0 Å². The van der Waals surface area contributed by atoms with Crippen LogP contribution < -0.4 is 9.80 Å². The number of hydrogen-bond acceptors (Lipinski definition) is 4. The highest BCUT2D eigenvalue weighted by molar-refractivity contribution is 5.83. The molecule has 0 aliphatic carbocycles. The molecule has 1 aromatic heterocycles. The van der Waals surface area contributed by atoms with Crippen molar-refractivity contribution in [3.8, 4) is 67.3 Å². The van der Waals surface area contributed by atoms with Gasteiger partial charge < -0.3 is 9.80 Å². The van der Waals surface area contributed by atoms with Crippen LogP contribution >= 0.6 is 0 Å². The lowest BCUT2D eigenvalue weighted by Crippen LogP contribution is -2.10. The molecule has 4 nitrogen and oxygen atoms in total. The Labute approximate surface area is 398 Å². The van der Waals surface area contributed by atoms with Crippen molar-refractivity contribution in [1.82, 2.24) is 9.97 Å². The summed E-state index contributed by atoms with van der Waals surface area (Å²) in [6.45, 7) is 0. The topological polar surface area (TPSA) is 32.3 Å². The van der Waals surface area contributed by atoms with Gasteiger partial charge in [0.05, 0.1) is 11.4 Å². The summed E-state index contributed by atoms with van der Waals surface area (Å²) in [5.41, 5.74) is 18.3. The van der Waals surface area contributed by atoms with Gasteiger partial charge in [-0.1, -0.05) is 200 Å². The van der Waals surface area contributed by atoms with Crippen LogP contribution in [-0.4, -0.2) is 9.97 Å². The maximum atomic E-state index is 5.07. The van der Waals surface area contributed by atoms with E-state index < -0.39 is 0 Å². The largest absolute Gasteiger partial charge is 0.311 e. The highest BCUT2D eigenvalue weighted by Gasteiger charge is 2.17. The predicted octanol–water partition coefficient (Wildman–Crippen LogP) is 17.4. The highest BCUT2D eigenvalue weighted by Crippen LogP contribution is 2.40.